The molecule has 114 valence electrons. The third-order valence-electron chi connectivity index (χ3n) is 3.60. The van der Waals surface area contributed by atoms with Crippen LogP contribution in [0.25, 0.3) is 0 Å². The fraction of sp³-hybridized carbons (Fsp3) is 0.429. The molecule has 2 unspecified atom stereocenters. The van der Waals surface area contributed by atoms with Gasteiger partial charge >= 0.3 is 12.0 Å². The summed E-state index contributed by atoms with van der Waals surface area (Å²) in [5, 5.41) is 12.2. The molecule has 1 aliphatic heterocycles. The number of urea groups is 1. The van der Waals surface area contributed by atoms with Crippen LogP contribution >= 0.6 is 23.4 Å². The highest BCUT2D eigenvalue weighted by molar-refractivity contribution is 8.00. The average Bonchev–Trinajstić information content (AvgIpc) is 2.43. The summed E-state index contributed by atoms with van der Waals surface area (Å²) in [6, 6.07) is 4.19. The molecule has 2 atom stereocenters. The van der Waals surface area contributed by atoms with Crippen LogP contribution in [0.1, 0.15) is 24.2 Å². The molecule has 5 nitrogen and oxygen atoms in total. The number of thioether (sulfide) groups is 1. The molecule has 1 aromatic carbocycles. The Morgan fingerprint density at radius 2 is 2.14 bits per heavy atom. The van der Waals surface area contributed by atoms with Crippen molar-refractivity contribution in [2.24, 2.45) is 0 Å². The molecule has 7 heteroatoms. The zero-order valence-corrected chi connectivity index (χ0v) is 13.4. The smallest absolute Gasteiger partial charge is 0.335 e. The minimum atomic E-state index is -1.05. The van der Waals surface area contributed by atoms with E-state index in [-0.39, 0.29) is 22.7 Å². The van der Waals surface area contributed by atoms with Gasteiger partial charge in [-0.25, -0.2) is 9.59 Å². The van der Waals surface area contributed by atoms with E-state index in [0.29, 0.717) is 17.5 Å². The number of halogens is 1. The molecule has 0 bridgehead atoms. The van der Waals surface area contributed by atoms with Gasteiger partial charge in [-0.15, -0.1) is 0 Å². The van der Waals surface area contributed by atoms with Gasteiger partial charge in [-0.3, -0.25) is 0 Å². The van der Waals surface area contributed by atoms with E-state index >= 15 is 0 Å². The molecular formula is C14H17ClN2O3S. The van der Waals surface area contributed by atoms with E-state index < -0.39 is 5.97 Å². The monoisotopic (exact) mass is 328 g/mol. The molecular weight excluding hydrogens is 312 g/mol. The molecule has 0 spiro atoms. The van der Waals surface area contributed by atoms with Gasteiger partial charge in [0, 0.05) is 23.6 Å². The minimum Gasteiger partial charge on any atom is -0.478 e. The summed E-state index contributed by atoms with van der Waals surface area (Å²) < 4.78 is 0. The number of rotatable bonds is 2. The Bertz CT molecular complexity index is 567. The summed E-state index contributed by atoms with van der Waals surface area (Å²) in [5.74, 6) is -0.143. The number of carbonyl (C=O) groups excluding carboxylic acids is 1. The van der Waals surface area contributed by atoms with Crippen molar-refractivity contribution in [2.75, 3.05) is 17.6 Å². The number of nitrogens with one attached hydrogen (secondary N) is 1. The molecule has 21 heavy (non-hydrogen) atoms. The van der Waals surface area contributed by atoms with Crippen LogP contribution in [0, 0.1) is 0 Å². The standard InChI is InChI=1S/C14H17ClN2O3S/c1-8-9(2)21-6-5-17(8)14(20)16-12-4-3-10(13(18)19)7-11(12)15/h3-4,7-9H,5-6H2,1-2H3,(H,16,20)(H,18,19). The van der Waals surface area contributed by atoms with E-state index in [0.717, 1.165) is 5.75 Å². The molecule has 0 radical (unpaired) electrons. The van der Waals surface area contributed by atoms with Crippen LogP contribution in [-0.4, -0.2) is 45.6 Å². The third-order valence-corrected chi connectivity index (χ3v) is 5.25. The highest BCUT2D eigenvalue weighted by Crippen LogP contribution is 2.27. The molecule has 0 aliphatic carbocycles. The first-order valence-corrected chi connectivity index (χ1v) is 8.05. The Morgan fingerprint density at radius 1 is 1.43 bits per heavy atom. The first-order valence-electron chi connectivity index (χ1n) is 6.62. The van der Waals surface area contributed by atoms with E-state index in [1.807, 2.05) is 18.7 Å². The van der Waals surface area contributed by atoms with E-state index in [4.69, 9.17) is 16.7 Å². The summed E-state index contributed by atoms with van der Waals surface area (Å²) in [4.78, 5) is 25.0. The van der Waals surface area contributed by atoms with Gasteiger partial charge in [0.1, 0.15) is 0 Å². The van der Waals surface area contributed by atoms with Gasteiger partial charge in [0.2, 0.25) is 0 Å². The van der Waals surface area contributed by atoms with Gasteiger partial charge in [-0.05, 0) is 25.1 Å². The number of benzene rings is 1. The predicted octanol–water partition coefficient (Wildman–Crippen LogP) is 3.40. The van der Waals surface area contributed by atoms with Gasteiger partial charge in [-0.1, -0.05) is 18.5 Å². The first kappa shape index (κ1) is 16.0. The maximum Gasteiger partial charge on any atom is 0.335 e. The lowest BCUT2D eigenvalue weighted by atomic mass is 10.2. The number of hydrogen-bond donors (Lipinski definition) is 2. The Hall–Kier alpha value is -1.40. The molecule has 0 saturated carbocycles. The van der Waals surface area contributed by atoms with Crippen LogP contribution in [0.2, 0.25) is 5.02 Å². The zero-order chi connectivity index (χ0) is 15.6. The largest absolute Gasteiger partial charge is 0.478 e. The predicted molar refractivity (Wildman–Crippen MR) is 85.5 cm³/mol. The van der Waals surface area contributed by atoms with Crippen molar-refractivity contribution in [3.05, 3.63) is 28.8 Å². The maximum atomic E-state index is 12.3. The van der Waals surface area contributed by atoms with E-state index in [1.165, 1.54) is 18.2 Å². The van der Waals surface area contributed by atoms with E-state index in [2.05, 4.69) is 12.2 Å². The molecule has 1 aliphatic rings. The van der Waals surface area contributed by atoms with Gasteiger partial charge in [-0.2, -0.15) is 11.8 Å². The van der Waals surface area contributed by atoms with Crippen molar-refractivity contribution in [1.29, 1.82) is 0 Å². The molecule has 1 aromatic rings. The summed E-state index contributed by atoms with van der Waals surface area (Å²) in [5.41, 5.74) is 0.513. The number of amides is 2. The number of carbonyl (C=O) groups is 2. The molecule has 2 rings (SSSR count). The highest BCUT2D eigenvalue weighted by Gasteiger charge is 2.29. The fourth-order valence-electron chi connectivity index (χ4n) is 2.16. The zero-order valence-electron chi connectivity index (χ0n) is 11.8. The number of nitrogens with zero attached hydrogens (tertiary/aromatic N) is 1. The lowest BCUT2D eigenvalue weighted by molar-refractivity contribution is 0.0697. The molecule has 1 saturated heterocycles. The Kier molecular flexibility index (Phi) is 5.00. The normalized spacial score (nSPS) is 22.0. The average molecular weight is 329 g/mol. The number of carboxylic acids is 1. The van der Waals surface area contributed by atoms with Crippen LogP contribution in [0.4, 0.5) is 10.5 Å². The Balaban J connectivity index is 2.10. The molecule has 1 heterocycles. The van der Waals surface area contributed by atoms with Crippen LogP contribution in [0.3, 0.4) is 0 Å². The number of hydrogen-bond acceptors (Lipinski definition) is 3. The summed E-state index contributed by atoms with van der Waals surface area (Å²) in [6.45, 7) is 4.81. The molecule has 2 N–H and O–H groups in total. The van der Waals surface area contributed by atoms with Crippen molar-refractivity contribution in [1.82, 2.24) is 4.90 Å². The van der Waals surface area contributed by atoms with Crippen molar-refractivity contribution in [2.45, 2.75) is 25.1 Å². The second-order valence-electron chi connectivity index (χ2n) is 4.94. The number of carboxylic acid groups (broad SMARTS) is 1. The van der Waals surface area contributed by atoms with Crippen molar-refractivity contribution in [3.8, 4) is 0 Å². The minimum absolute atomic E-state index is 0.0920. The summed E-state index contributed by atoms with van der Waals surface area (Å²) in [7, 11) is 0. The van der Waals surface area contributed by atoms with Crippen LogP contribution in [-0.2, 0) is 0 Å². The first-order chi connectivity index (χ1) is 9.90. The van der Waals surface area contributed by atoms with E-state index in [1.54, 1.807) is 4.90 Å². The fourth-order valence-corrected chi connectivity index (χ4v) is 3.48. The third kappa shape index (κ3) is 3.63. The quantitative estimate of drug-likeness (QED) is 0.873. The Morgan fingerprint density at radius 3 is 2.76 bits per heavy atom. The lowest BCUT2D eigenvalue weighted by Gasteiger charge is -2.37. The van der Waals surface area contributed by atoms with E-state index in [9.17, 15) is 9.59 Å². The van der Waals surface area contributed by atoms with Crippen LogP contribution < -0.4 is 5.32 Å². The number of aromatic carboxylic acids is 1. The molecule has 2 amide bonds. The van der Waals surface area contributed by atoms with Crippen LogP contribution in [0.5, 0.6) is 0 Å². The summed E-state index contributed by atoms with van der Waals surface area (Å²) >= 11 is 7.87. The van der Waals surface area contributed by atoms with Crippen molar-refractivity contribution < 1.29 is 14.7 Å². The second kappa shape index (κ2) is 6.58. The number of anilines is 1. The molecule has 1 fully saturated rings. The summed E-state index contributed by atoms with van der Waals surface area (Å²) in [6.07, 6.45) is 0. The van der Waals surface area contributed by atoms with Crippen molar-refractivity contribution in [3.63, 3.8) is 0 Å². The van der Waals surface area contributed by atoms with Gasteiger partial charge < -0.3 is 15.3 Å². The van der Waals surface area contributed by atoms with Gasteiger partial charge in [0.15, 0.2) is 0 Å². The Labute approximate surface area is 132 Å². The topological polar surface area (TPSA) is 69.6 Å². The van der Waals surface area contributed by atoms with Crippen LogP contribution in [0.15, 0.2) is 18.2 Å². The van der Waals surface area contributed by atoms with Gasteiger partial charge in [0.05, 0.1) is 16.3 Å². The highest BCUT2D eigenvalue weighted by atomic mass is 35.5. The lowest BCUT2D eigenvalue weighted by Crippen LogP contribution is -2.49. The maximum absolute atomic E-state index is 12.3. The van der Waals surface area contributed by atoms with Crippen molar-refractivity contribution >= 4 is 41.1 Å². The SMILES string of the molecule is CC1SCCN(C(=O)Nc2ccc(C(=O)O)cc2Cl)C1C. The molecule has 0 aromatic heterocycles. The van der Waals surface area contributed by atoms with Gasteiger partial charge in [0.25, 0.3) is 0 Å². The second-order valence-corrected chi connectivity index (χ2v) is 6.83.